The number of carbonyl (C=O) groups excluding carboxylic acids is 1. The molecular weight excluding hydrogens is 462 g/mol. The van der Waals surface area contributed by atoms with Crippen LogP contribution in [0.15, 0.2) is 42.5 Å². The third-order valence-electron chi connectivity index (χ3n) is 6.60. The number of hydrogen-bond donors (Lipinski definition) is 1. The summed E-state index contributed by atoms with van der Waals surface area (Å²) in [6, 6.07) is 10.4. The Morgan fingerprint density at radius 1 is 1.24 bits per heavy atom. The van der Waals surface area contributed by atoms with Gasteiger partial charge < -0.3 is 9.64 Å². The van der Waals surface area contributed by atoms with E-state index in [2.05, 4.69) is 4.72 Å². The van der Waals surface area contributed by atoms with E-state index < -0.39 is 40.2 Å². The topological polar surface area (TPSA) is 75.7 Å². The number of amides is 1. The van der Waals surface area contributed by atoms with Gasteiger partial charge in [0.15, 0.2) is 0 Å². The van der Waals surface area contributed by atoms with Crippen LogP contribution in [0.4, 0.5) is 8.78 Å². The molecule has 184 valence electrons. The Bertz CT molecular complexity index is 1150. The van der Waals surface area contributed by atoms with E-state index in [1.54, 1.807) is 18.2 Å². The highest BCUT2D eigenvalue weighted by Crippen LogP contribution is 2.31. The molecule has 0 aromatic heterocycles. The van der Waals surface area contributed by atoms with Crippen molar-refractivity contribution in [3.05, 3.63) is 59.4 Å². The zero-order chi connectivity index (χ0) is 24.5. The molecule has 6 nitrogen and oxygen atoms in total. The van der Waals surface area contributed by atoms with E-state index in [0.29, 0.717) is 29.7 Å². The van der Waals surface area contributed by atoms with E-state index >= 15 is 8.78 Å². The van der Waals surface area contributed by atoms with E-state index in [-0.39, 0.29) is 24.6 Å². The molecule has 4 atom stereocenters. The molecule has 2 aromatic carbocycles. The van der Waals surface area contributed by atoms with Crippen molar-refractivity contribution in [3.8, 4) is 11.1 Å². The molecular formula is C25H30F2N2O4S. The van der Waals surface area contributed by atoms with Crippen LogP contribution in [0.25, 0.3) is 11.1 Å². The smallest absolute Gasteiger partial charge is 0.252 e. The highest BCUT2D eigenvalue weighted by molar-refractivity contribution is 7.89. The van der Waals surface area contributed by atoms with Gasteiger partial charge in [0.05, 0.1) is 24.4 Å². The molecule has 2 aliphatic heterocycles. The van der Waals surface area contributed by atoms with Crippen LogP contribution in [0.2, 0.25) is 0 Å². The molecule has 2 aliphatic rings. The molecule has 0 unspecified atom stereocenters. The van der Waals surface area contributed by atoms with Gasteiger partial charge in [-0.2, -0.15) is 0 Å². The summed E-state index contributed by atoms with van der Waals surface area (Å²) in [4.78, 5) is 14.5. The fraction of sp³-hybridized carbons (Fsp3) is 0.480. The van der Waals surface area contributed by atoms with Crippen LogP contribution in [-0.2, 0) is 26.0 Å². The molecule has 2 aromatic rings. The summed E-state index contributed by atoms with van der Waals surface area (Å²) >= 11 is 0. The summed E-state index contributed by atoms with van der Waals surface area (Å²) in [5.74, 6) is -1.06. The number of rotatable bonds is 7. The number of alkyl halides is 1. The second-order valence-corrected chi connectivity index (χ2v) is 11.0. The van der Waals surface area contributed by atoms with Crippen molar-refractivity contribution in [1.29, 1.82) is 0 Å². The van der Waals surface area contributed by atoms with Crippen molar-refractivity contribution < 1.29 is 26.7 Å². The Balaban J connectivity index is 1.69. The number of benzene rings is 2. The van der Waals surface area contributed by atoms with Gasteiger partial charge in [0.2, 0.25) is 10.0 Å². The Morgan fingerprint density at radius 3 is 2.68 bits per heavy atom. The summed E-state index contributed by atoms with van der Waals surface area (Å²) in [6.45, 7) is 3.57. The van der Waals surface area contributed by atoms with Gasteiger partial charge in [-0.05, 0) is 44.2 Å². The molecule has 2 saturated heterocycles. The third kappa shape index (κ3) is 5.16. The number of aryl methyl sites for hydroxylation is 1. The number of halogens is 2. The zero-order valence-electron chi connectivity index (χ0n) is 19.3. The fourth-order valence-corrected chi connectivity index (χ4v) is 5.65. The lowest BCUT2D eigenvalue weighted by Crippen LogP contribution is -2.51. The SMILES string of the molecule is CCS(=O)(=O)N[C@H]1[C@@H](F)CN(C(=O)[C@H]2CCCO2)[C@H]1Cc1cccc(-c2cccc(C)c2)c1F. The average Bonchev–Trinajstić information content (AvgIpc) is 3.44. The maximum Gasteiger partial charge on any atom is 0.252 e. The first-order valence-corrected chi connectivity index (χ1v) is 13.3. The molecule has 2 heterocycles. The summed E-state index contributed by atoms with van der Waals surface area (Å²) < 4.78 is 63.3. The first kappa shape index (κ1) is 24.8. The maximum absolute atomic E-state index is 15.6. The van der Waals surface area contributed by atoms with Crippen molar-refractivity contribution in [2.24, 2.45) is 0 Å². The fourth-order valence-electron chi connectivity index (χ4n) is 4.76. The molecule has 0 bridgehead atoms. The van der Waals surface area contributed by atoms with Crippen LogP contribution in [0, 0.1) is 12.7 Å². The minimum atomic E-state index is -3.75. The Hall–Kier alpha value is -2.36. The van der Waals surface area contributed by atoms with Crippen LogP contribution < -0.4 is 4.72 Å². The quantitative estimate of drug-likeness (QED) is 0.643. The number of likely N-dealkylation sites (tertiary alicyclic amines) is 1. The third-order valence-corrected chi connectivity index (χ3v) is 7.99. The second-order valence-electron chi connectivity index (χ2n) is 8.97. The van der Waals surface area contributed by atoms with Gasteiger partial charge in [-0.25, -0.2) is 21.9 Å². The Kier molecular flexibility index (Phi) is 7.35. The molecule has 34 heavy (non-hydrogen) atoms. The normalized spacial score (nSPS) is 25.1. The Labute approximate surface area is 199 Å². The minimum Gasteiger partial charge on any atom is -0.368 e. The summed E-state index contributed by atoms with van der Waals surface area (Å²) in [6.07, 6.45) is -1.06. The standard InChI is InChI=1S/C25H30F2N2O4S/c1-3-34(31,32)28-24-20(26)15-29(25(30)22-11-6-12-33-22)21(24)14-18-9-5-10-19(23(18)27)17-8-4-7-16(2)13-17/h4-5,7-10,13,20-22,24,28H,3,6,11-12,14-15H2,1-2H3/t20-,21-,22+,24-/m0/s1. The van der Waals surface area contributed by atoms with Crippen LogP contribution in [0.3, 0.4) is 0 Å². The van der Waals surface area contributed by atoms with Crippen LogP contribution >= 0.6 is 0 Å². The van der Waals surface area contributed by atoms with Crippen molar-refractivity contribution in [1.82, 2.24) is 9.62 Å². The predicted molar refractivity (Wildman–Crippen MR) is 126 cm³/mol. The van der Waals surface area contributed by atoms with E-state index in [9.17, 15) is 13.2 Å². The second kappa shape index (κ2) is 10.1. The highest BCUT2D eigenvalue weighted by Gasteiger charge is 2.47. The van der Waals surface area contributed by atoms with Gasteiger partial charge in [0, 0.05) is 12.2 Å². The lowest BCUT2D eigenvalue weighted by molar-refractivity contribution is -0.142. The number of carbonyl (C=O) groups is 1. The largest absolute Gasteiger partial charge is 0.368 e. The molecule has 1 amide bonds. The summed E-state index contributed by atoms with van der Waals surface area (Å²) in [7, 11) is -3.75. The van der Waals surface area contributed by atoms with Crippen molar-refractivity contribution >= 4 is 15.9 Å². The van der Waals surface area contributed by atoms with Crippen molar-refractivity contribution in [2.75, 3.05) is 18.9 Å². The molecule has 0 radical (unpaired) electrons. The van der Waals surface area contributed by atoms with Crippen LogP contribution in [-0.4, -0.2) is 62.5 Å². The molecule has 1 N–H and O–H groups in total. The van der Waals surface area contributed by atoms with Gasteiger partial charge in [-0.15, -0.1) is 0 Å². The molecule has 9 heteroatoms. The van der Waals surface area contributed by atoms with E-state index in [1.165, 1.54) is 11.8 Å². The van der Waals surface area contributed by atoms with Crippen molar-refractivity contribution in [3.63, 3.8) is 0 Å². The number of hydrogen-bond acceptors (Lipinski definition) is 4. The minimum absolute atomic E-state index is 0.0265. The van der Waals surface area contributed by atoms with Gasteiger partial charge in [0.25, 0.3) is 5.91 Å². The molecule has 0 spiro atoms. The first-order chi connectivity index (χ1) is 16.2. The molecule has 2 fully saturated rings. The number of ether oxygens (including phenoxy) is 1. The van der Waals surface area contributed by atoms with Crippen LogP contribution in [0.5, 0.6) is 0 Å². The van der Waals surface area contributed by atoms with E-state index in [0.717, 1.165) is 12.0 Å². The lowest BCUT2D eigenvalue weighted by atomic mass is 9.95. The van der Waals surface area contributed by atoms with Gasteiger partial charge in [0.1, 0.15) is 18.1 Å². The Morgan fingerprint density at radius 2 is 2.00 bits per heavy atom. The lowest BCUT2D eigenvalue weighted by Gasteiger charge is -2.30. The highest BCUT2D eigenvalue weighted by atomic mass is 32.2. The van der Waals surface area contributed by atoms with Gasteiger partial charge >= 0.3 is 0 Å². The predicted octanol–water partition coefficient (Wildman–Crippen LogP) is 3.38. The van der Waals surface area contributed by atoms with Gasteiger partial charge in [-0.1, -0.05) is 48.0 Å². The number of nitrogens with zero attached hydrogens (tertiary/aromatic N) is 1. The first-order valence-electron chi connectivity index (χ1n) is 11.6. The average molecular weight is 493 g/mol. The maximum atomic E-state index is 15.6. The zero-order valence-corrected chi connectivity index (χ0v) is 20.2. The van der Waals surface area contributed by atoms with Gasteiger partial charge in [-0.3, -0.25) is 4.79 Å². The monoisotopic (exact) mass is 492 g/mol. The number of sulfonamides is 1. The molecule has 0 aliphatic carbocycles. The summed E-state index contributed by atoms with van der Waals surface area (Å²) in [5, 5.41) is 0. The summed E-state index contributed by atoms with van der Waals surface area (Å²) in [5.41, 5.74) is 2.40. The molecule has 4 rings (SSSR count). The van der Waals surface area contributed by atoms with E-state index in [1.807, 2.05) is 31.2 Å². The van der Waals surface area contributed by atoms with Crippen molar-refractivity contribution in [2.45, 2.75) is 57.5 Å². The van der Waals surface area contributed by atoms with Crippen LogP contribution in [0.1, 0.15) is 30.9 Å². The number of nitrogens with one attached hydrogen (secondary N) is 1. The van der Waals surface area contributed by atoms with E-state index in [4.69, 9.17) is 4.74 Å². The molecule has 0 saturated carbocycles.